The summed E-state index contributed by atoms with van der Waals surface area (Å²) in [5.41, 5.74) is 1.06. The lowest BCUT2D eigenvalue weighted by Crippen LogP contribution is -2.00. The maximum Gasteiger partial charge on any atom is 0.0996 e. The third-order valence-corrected chi connectivity index (χ3v) is 2.98. The molecule has 1 rings (SSSR count). The molecule has 0 amide bonds. The van der Waals surface area contributed by atoms with E-state index < -0.39 is 10.0 Å². The number of nitrogens with zero attached hydrogens (tertiary/aromatic N) is 2. The molecule has 0 aliphatic heterocycles. The van der Waals surface area contributed by atoms with Gasteiger partial charge in [0.1, 0.15) is 0 Å². The van der Waals surface area contributed by atoms with Crippen molar-refractivity contribution < 1.29 is 0 Å². The van der Waals surface area contributed by atoms with E-state index in [2.05, 4.69) is 28.7 Å². The monoisotopic (exact) mass is 170 g/mol. The maximum atomic E-state index is 4.32. The zero-order valence-corrected chi connectivity index (χ0v) is 8.27. The highest BCUT2D eigenvalue weighted by Gasteiger charge is 2.12. The quantitative estimate of drug-likeness (QED) is 0.642. The lowest BCUT2D eigenvalue weighted by molar-refractivity contribution is 0.980. The lowest BCUT2D eigenvalue weighted by atomic mass is 10.5. The van der Waals surface area contributed by atoms with Crippen molar-refractivity contribution in [2.24, 2.45) is 0 Å². The van der Waals surface area contributed by atoms with Crippen LogP contribution in [0.3, 0.4) is 0 Å². The van der Waals surface area contributed by atoms with E-state index in [9.17, 15) is 0 Å². The number of aryl methyl sites for hydroxylation is 1. The third-order valence-electron chi connectivity index (χ3n) is 1.42. The molecular weight excluding hydrogens is 156 g/mol. The van der Waals surface area contributed by atoms with Crippen LogP contribution in [-0.4, -0.2) is 28.7 Å². The predicted octanol–water partition coefficient (Wildman–Crippen LogP) is 1.84. The van der Waals surface area contributed by atoms with E-state index in [0.29, 0.717) is 0 Å². The fourth-order valence-corrected chi connectivity index (χ4v) is 2.31. The summed E-state index contributed by atoms with van der Waals surface area (Å²) in [7, 11) is -0.707. The first-order valence-corrected chi connectivity index (χ1v) is 6.33. The second kappa shape index (κ2) is 2.81. The molecule has 0 fully saturated rings. The van der Waals surface area contributed by atoms with E-state index in [0.717, 1.165) is 5.69 Å². The molecule has 0 saturated carbocycles. The Balaban J connectivity index is 3.14. The van der Waals surface area contributed by atoms with E-state index in [4.69, 9.17) is 0 Å². The number of hydrogen-bond donors (Lipinski definition) is 0. The zero-order valence-electron chi connectivity index (χ0n) is 7.46. The highest BCUT2D eigenvalue weighted by molar-refractivity contribution is 8.32. The summed E-state index contributed by atoms with van der Waals surface area (Å²) in [6, 6.07) is 0. The first-order valence-electron chi connectivity index (χ1n) is 3.48. The van der Waals surface area contributed by atoms with Crippen molar-refractivity contribution in [2.45, 2.75) is 11.9 Å². The average molecular weight is 170 g/mol. The van der Waals surface area contributed by atoms with E-state index in [1.165, 1.54) is 5.03 Å². The van der Waals surface area contributed by atoms with Gasteiger partial charge in [-0.2, -0.15) is 0 Å². The van der Waals surface area contributed by atoms with Crippen molar-refractivity contribution in [1.82, 2.24) is 9.97 Å². The highest BCUT2D eigenvalue weighted by atomic mass is 32.3. The SMILES string of the molecule is Cc1nccnc1S(C)(C)C. The summed E-state index contributed by atoms with van der Waals surface area (Å²) in [5, 5.41) is 1.17. The summed E-state index contributed by atoms with van der Waals surface area (Å²) < 4.78 is 0. The van der Waals surface area contributed by atoms with Crippen LogP contribution in [0, 0.1) is 6.92 Å². The van der Waals surface area contributed by atoms with Crippen LogP contribution < -0.4 is 0 Å². The Morgan fingerprint density at radius 2 is 1.64 bits per heavy atom. The van der Waals surface area contributed by atoms with E-state index in [-0.39, 0.29) is 0 Å². The molecule has 0 aliphatic rings. The fourth-order valence-electron chi connectivity index (χ4n) is 0.996. The minimum Gasteiger partial charge on any atom is -0.257 e. The summed E-state index contributed by atoms with van der Waals surface area (Å²) in [6.45, 7) is 2.01. The second-order valence-corrected chi connectivity index (χ2v) is 7.34. The van der Waals surface area contributed by atoms with Crippen molar-refractivity contribution in [3.63, 3.8) is 0 Å². The highest BCUT2D eigenvalue weighted by Crippen LogP contribution is 2.44. The zero-order chi connectivity index (χ0) is 8.48. The molecule has 1 aromatic rings. The van der Waals surface area contributed by atoms with Gasteiger partial charge in [-0.3, -0.25) is 4.98 Å². The van der Waals surface area contributed by atoms with Crippen molar-refractivity contribution in [2.75, 3.05) is 18.8 Å². The van der Waals surface area contributed by atoms with Crippen molar-refractivity contribution in [3.8, 4) is 0 Å². The molecule has 0 spiro atoms. The Kier molecular flexibility index (Phi) is 2.18. The smallest absolute Gasteiger partial charge is 0.0996 e. The van der Waals surface area contributed by atoms with Crippen LogP contribution in [0.4, 0.5) is 0 Å². The van der Waals surface area contributed by atoms with Gasteiger partial charge in [0.05, 0.1) is 10.7 Å². The Labute approximate surface area is 69.4 Å². The largest absolute Gasteiger partial charge is 0.257 e. The Hall–Kier alpha value is -0.570. The van der Waals surface area contributed by atoms with Gasteiger partial charge in [-0.05, 0) is 25.7 Å². The minimum atomic E-state index is -0.707. The molecule has 0 saturated heterocycles. The second-order valence-electron chi connectivity index (χ2n) is 3.28. The molecular formula is C8H14N2S. The van der Waals surface area contributed by atoms with Crippen LogP contribution in [0.15, 0.2) is 17.4 Å². The van der Waals surface area contributed by atoms with Gasteiger partial charge in [-0.1, -0.05) is 0 Å². The number of hydrogen-bond acceptors (Lipinski definition) is 2. The van der Waals surface area contributed by atoms with Crippen molar-refractivity contribution in [3.05, 3.63) is 18.1 Å². The fraction of sp³-hybridized carbons (Fsp3) is 0.500. The van der Waals surface area contributed by atoms with Crippen LogP contribution in [0.5, 0.6) is 0 Å². The van der Waals surface area contributed by atoms with Gasteiger partial charge < -0.3 is 0 Å². The summed E-state index contributed by atoms with van der Waals surface area (Å²) in [5.74, 6) is 0. The number of aromatic nitrogens is 2. The Bertz CT molecular complexity index is 253. The molecule has 0 aliphatic carbocycles. The average Bonchev–Trinajstić information content (AvgIpc) is 1.86. The topological polar surface area (TPSA) is 25.8 Å². The third kappa shape index (κ3) is 1.93. The van der Waals surface area contributed by atoms with Crippen molar-refractivity contribution in [1.29, 1.82) is 0 Å². The molecule has 1 aromatic heterocycles. The minimum absolute atomic E-state index is 0.707. The van der Waals surface area contributed by atoms with Gasteiger partial charge in [-0.25, -0.2) is 15.0 Å². The molecule has 62 valence electrons. The van der Waals surface area contributed by atoms with E-state index in [1.807, 2.05) is 6.92 Å². The van der Waals surface area contributed by atoms with Gasteiger partial charge in [-0.15, -0.1) is 0 Å². The predicted molar refractivity (Wildman–Crippen MR) is 50.4 cm³/mol. The molecule has 0 unspecified atom stereocenters. The van der Waals surface area contributed by atoms with Crippen LogP contribution in [0.1, 0.15) is 5.69 Å². The normalized spacial score (nSPS) is 13.1. The molecule has 3 heteroatoms. The molecule has 0 radical (unpaired) electrons. The number of rotatable bonds is 1. The van der Waals surface area contributed by atoms with Gasteiger partial charge in [0.25, 0.3) is 0 Å². The molecule has 2 nitrogen and oxygen atoms in total. The van der Waals surface area contributed by atoms with Gasteiger partial charge in [0.15, 0.2) is 0 Å². The summed E-state index contributed by atoms with van der Waals surface area (Å²) >= 11 is 0. The maximum absolute atomic E-state index is 4.32. The van der Waals surface area contributed by atoms with E-state index >= 15 is 0 Å². The van der Waals surface area contributed by atoms with Crippen LogP contribution in [0.2, 0.25) is 0 Å². The van der Waals surface area contributed by atoms with Gasteiger partial charge in [0, 0.05) is 12.4 Å². The molecule has 0 atom stereocenters. The Morgan fingerprint density at radius 1 is 1.09 bits per heavy atom. The summed E-state index contributed by atoms with van der Waals surface area (Å²) in [6.07, 6.45) is 10.2. The molecule has 0 N–H and O–H groups in total. The molecule has 0 bridgehead atoms. The standard InChI is InChI=1S/C8H14N2S/c1-7-8(11(2,3)4)10-6-5-9-7/h5-6H,1-4H3. The van der Waals surface area contributed by atoms with Gasteiger partial charge in [0.2, 0.25) is 0 Å². The molecule has 0 aromatic carbocycles. The lowest BCUT2D eigenvalue weighted by Gasteiger charge is -2.24. The van der Waals surface area contributed by atoms with Crippen LogP contribution >= 0.6 is 10.0 Å². The molecule has 1 heterocycles. The molecule has 11 heavy (non-hydrogen) atoms. The van der Waals surface area contributed by atoms with Gasteiger partial charge >= 0.3 is 0 Å². The summed E-state index contributed by atoms with van der Waals surface area (Å²) in [4.78, 5) is 8.53. The van der Waals surface area contributed by atoms with E-state index in [1.54, 1.807) is 12.4 Å². The first-order chi connectivity index (χ1) is 5.02. The Morgan fingerprint density at radius 3 is 2.00 bits per heavy atom. The van der Waals surface area contributed by atoms with Crippen LogP contribution in [-0.2, 0) is 0 Å². The van der Waals surface area contributed by atoms with Crippen molar-refractivity contribution >= 4 is 10.0 Å². The van der Waals surface area contributed by atoms with Crippen LogP contribution in [0.25, 0.3) is 0 Å². The first kappa shape index (κ1) is 8.53.